The summed E-state index contributed by atoms with van der Waals surface area (Å²) >= 11 is 0. The highest BCUT2D eigenvalue weighted by Gasteiger charge is 2.27. The molecule has 0 bridgehead atoms. The second kappa shape index (κ2) is 4.44. The number of benzene rings is 1. The first-order chi connectivity index (χ1) is 8.84. The highest BCUT2D eigenvalue weighted by atomic mass is 16.5. The molecule has 2 heterocycles. The fraction of sp³-hybridized carbons (Fsp3) is 0.154. The summed E-state index contributed by atoms with van der Waals surface area (Å²) in [4.78, 5) is 16.1. The van der Waals surface area contributed by atoms with Crippen molar-refractivity contribution in [1.29, 1.82) is 0 Å². The van der Waals surface area contributed by atoms with Gasteiger partial charge in [-0.25, -0.2) is 9.66 Å². The minimum atomic E-state index is -0.342. The van der Waals surface area contributed by atoms with Crippen LogP contribution < -0.4 is 4.74 Å². The van der Waals surface area contributed by atoms with Gasteiger partial charge in [-0.2, -0.15) is 5.10 Å². The van der Waals surface area contributed by atoms with E-state index < -0.39 is 0 Å². The van der Waals surface area contributed by atoms with Gasteiger partial charge in [0.2, 0.25) is 0 Å². The van der Waals surface area contributed by atoms with Crippen LogP contribution in [0.15, 0.2) is 48.0 Å². The van der Waals surface area contributed by atoms with Gasteiger partial charge in [0.1, 0.15) is 18.0 Å². The van der Waals surface area contributed by atoms with E-state index in [0.29, 0.717) is 12.2 Å². The third-order valence-electron chi connectivity index (χ3n) is 2.80. The molecule has 5 nitrogen and oxygen atoms in total. The second-order valence-corrected chi connectivity index (χ2v) is 3.98. The monoisotopic (exact) mass is 241 g/mol. The smallest absolute Gasteiger partial charge is 0.320 e. The van der Waals surface area contributed by atoms with Crippen LogP contribution in [0.3, 0.4) is 0 Å². The molecule has 0 spiro atoms. The Morgan fingerprint density at radius 2 is 2.17 bits per heavy atom. The molecule has 1 aromatic carbocycles. The third-order valence-corrected chi connectivity index (χ3v) is 2.80. The van der Waals surface area contributed by atoms with E-state index in [9.17, 15) is 4.79 Å². The van der Waals surface area contributed by atoms with Gasteiger partial charge in [-0.1, -0.05) is 18.2 Å². The van der Waals surface area contributed by atoms with Crippen LogP contribution in [0, 0.1) is 0 Å². The van der Waals surface area contributed by atoms with E-state index in [2.05, 4.69) is 10.1 Å². The minimum absolute atomic E-state index is 0.283. The van der Waals surface area contributed by atoms with Gasteiger partial charge in [0.25, 0.3) is 0 Å². The van der Waals surface area contributed by atoms with E-state index in [1.165, 1.54) is 0 Å². The molecule has 1 unspecified atom stereocenters. The number of esters is 1. The van der Waals surface area contributed by atoms with Gasteiger partial charge >= 0.3 is 5.97 Å². The fourth-order valence-electron chi connectivity index (χ4n) is 1.90. The number of hydrogen-bond acceptors (Lipinski definition) is 4. The zero-order chi connectivity index (χ0) is 12.4. The maximum absolute atomic E-state index is 12.1. The molecule has 1 aliphatic rings. The van der Waals surface area contributed by atoms with E-state index in [4.69, 9.17) is 4.74 Å². The van der Waals surface area contributed by atoms with Gasteiger partial charge in [-0.3, -0.25) is 4.79 Å². The Balaban J connectivity index is 1.80. The maximum atomic E-state index is 12.1. The van der Waals surface area contributed by atoms with Gasteiger partial charge in [-0.15, -0.1) is 0 Å². The van der Waals surface area contributed by atoms with Crippen molar-refractivity contribution < 1.29 is 9.53 Å². The quantitative estimate of drug-likeness (QED) is 0.595. The number of carbonyl (C=O) groups excluding carboxylic acids is 1. The average molecular weight is 241 g/mol. The topological polar surface area (TPSA) is 56.5 Å². The van der Waals surface area contributed by atoms with Gasteiger partial charge in [0.05, 0.1) is 11.9 Å². The Bertz CT molecular complexity index is 589. The van der Waals surface area contributed by atoms with E-state index in [1.54, 1.807) is 35.5 Å². The zero-order valence-electron chi connectivity index (χ0n) is 9.56. The second-order valence-electron chi connectivity index (χ2n) is 3.98. The molecular formula is C13H11N3O2. The lowest BCUT2D eigenvalue weighted by Crippen LogP contribution is -2.23. The number of aromatic nitrogens is 2. The molecule has 1 aliphatic heterocycles. The molecule has 0 fully saturated rings. The summed E-state index contributed by atoms with van der Waals surface area (Å²) in [5, 5.41) is 4.11. The van der Waals surface area contributed by atoms with Crippen LogP contribution in [-0.2, 0) is 4.79 Å². The summed E-state index contributed by atoms with van der Waals surface area (Å²) in [6, 6.07) is 9.04. The lowest BCUT2D eigenvalue weighted by atomic mass is 10.0. The molecule has 1 atom stereocenters. The number of nitrogens with zero attached hydrogens (tertiary/aromatic N) is 3. The molecule has 0 N–H and O–H groups in total. The van der Waals surface area contributed by atoms with Crippen molar-refractivity contribution in [3.8, 4) is 5.75 Å². The number of imidazole rings is 1. The van der Waals surface area contributed by atoms with Crippen molar-refractivity contribution in [1.82, 2.24) is 9.66 Å². The number of fused-ring (bicyclic) bond motifs is 1. The Hall–Kier alpha value is -2.43. The minimum Gasteiger partial charge on any atom is -0.426 e. The molecule has 1 aromatic heterocycles. The molecule has 5 heteroatoms. The molecule has 3 rings (SSSR count). The number of para-hydroxylation sites is 1. The number of rotatable bonds is 2. The normalized spacial score (nSPS) is 17.2. The molecule has 18 heavy (non-hydrogen) atoms. The lowest BCUT2D eigenvalue weighted by molar-refractivity contribution is -0.136. The summed E-state index contributed by atoms with van der Waals surface area (Å²) in [7, 11) is 0. The van der Waals surface area contributed by atoms with Gasteiger partial charge in [0.15, 0.2) is 0 Å². The zero-order valence-corrected chi connectivity index (χ0v) is 9.56. The predicted molar refractivity (Wildman–Crippen MR) is 65.6 cm³/mol. The molecular weight excluding hydrogens is 230 g/mol. The lowest BCUT2D eigenvalue weighted by Gasteiger charge is -2.17. The van der Waals surface area contributed by atoms with Crippen LogP contribution in [-0.4, -0.2) is 21.8 Å². The summed E-state index contributed by atoms with van der Waals surface area (Å²) in [6.07, 6.45) is 5.46. The van der Waals surface area contributed by atoms with Crippen molar-refractivity contribution in [3.63, 3.8) is 0 Å². The molecule has 90 valence electrons. The van der Waals surface area contributed by atoms with Crippen LogP contribution in [0.2, 0.25) is 0 Å². The molecule has 0 aliphatic carbocycles. The highest BCUT2D eigenvalue weighted by molar-refractivity contribution is 5.83. The van der Waals surface area contributed by atoms with E-state index >= 15 is 0 Å². The Morgan fingerprint density at radius 3 is 3.00 bits per heavy atom. The molecule has 0 saturated heterocycles. The van der Waals surface area contributed by atoms with Crippen molar-refractivity contribution in [2.75, 3.05) is 0 Å². The summed E-state index contributed by atoms with van der Waals surface area (Å²) in [5.74, 6) is -0.0737. The standard InChI is InChI=1S/C13H11N3O2/c17-13(18-10-4-2-1-3-5-10)11-6-7-15-16-9-14-8-12(11)16/h1-5,7-9,11H,6H2. The van der Waals surface area contributed by atoms with Crippen molar-refractivity contribution in [3.05, 3.63) is 48.5 Å². The predicted octanol–water partition coefficient (Wildman–Crippen LogP) is 1.81. The third kappa shape index (κ3) is 1.90. The van der Waals surface area contributed by atoms with Crippen LogP contribution in [0.1, 0.15) is 18.0 Å². The molecule has 2 aromatic rings. The van der Waals surface area contributed by atoms with Crippen LogP contribution in [0.25, 0.3) is 0 Å². The molecule has 0 saturated carbocycles. The van der Waals surface area contributed by atoms with Crippen LogP contribution in [0.5, 0.6) is 5.75 Å². The first-order valence-corrected chi connectivity index (χ1v) is 5.66. The van der Waals surface area contributed by atoms with Gasteiger partial charge in [-0.05, 0) is 12.1 Å². The highest BCUT2D eigenvalue weighted by Crippen LogP contribution is 2.24. The van der Waals surface area contributed by atoms with E-state index in [1.807, 2.05) is 18.2 Å². The van der Waals surface area contributed by atoms with Crippen LogP contribution >= 0.6 is 0 Å². The SMILES string of the molecule is O=C(Oc1ccccc1)C1CC=Nn2cncc21. The largest absolute Gasteiger partial charge is 0.426 e. The van der Waals surface area contributed by atoms with E-state index in [-0.39, 0.29) is 11.9 Å². The Labute approximate surface area is 104 Å². The van der Waals surface area contributed by atoms with Crippen molar-refractivity contribution in [2.24, 2.45) is 5.10 Å². The number of ether oxygens (including phenoxy) is 1. The van der Waals surface area contributed by atoms with Crippen molar-refractivity contribution in [2.45, 2.75) is 12.3 Å². The molecule has 0 amide bonds. The summed E-state index contributed by atoms with van der Waals surface area (Å²) in [6.45, 7) is 0. The first-order valence-electron chi connectivity index (χ1n) is 5.66. The fourth-order valence-corrected chi connectivity index (χ4v) is 1.90. The van der Waals surface area contributed by atoms with Crippen molar-refractivity contribution >= 4 is 12.2 Å². The number of carbonyl (C=O) groups is 1. The first kappa shape index (κ1) is 10.7. The van der Waals surface area contributed by atoms with E-state index in [0.717, 1.165) is 5.69 Å². The Morgan fingerprint density at radius 1 is 1.33 bits per heavy atom. The number of hydrogen-bond donors (Lipinski definition) is 0. The Kier molecular flexibility index (Phi) is 2.64. The molecule has 0 radical (unpaired) electrons. The van der Waals surface area contributed by atoms with Gasteiger partial charge in [0, 0.05) is 12.6 Å². The average Bonchev–Trinajstić information content (AvgIpc) is 2.87. The van der Waals surface area contributed by atoms with Crippen LogP contribution in [0.4, 0.5) is 0 Å². The van der Waals surface area contributed by atoms with Gasteiger partial charge < -0.3 is 4.74 Å². The maximum Gasteiger partial charge on any atom is 0.320 e. The summed E-state index contributed by atoms with van der Waals surface area (Å²) in [5.41, 5.74) is 0.762. The summed E-state index contributed by atoms with van der Waals surface area (Å²) < 4.78 is 6.94.